The average Bonchev–Trinajstić information content (AvgIpc) is 2.49. The van der Waals surface area contributed by atoms with Crippen LogP contribution in [0.1, 0.15) is 25.8 Å². The average molecular weight is 285 g/mol. The lowest BCUT2D eigenvalue weighted by molar-refractivity contribution is 0.338. The van der Waals surface area contributed by atoms with Gasteiger partial charge in [-0.05, 0) is 49.7 Å². The molecule has 0 radical (unpaired) electrons. The molecule has 0 spiro atoms. The molecule has 3 heteroatoms. The van der Waals surface area contributed by atoms with E-state index in [1.807, 2.05) is 43.3 Å². The van der Waals surface area contributed by atoms with E-state index in [0.29, 0.717) is 6.61 Å². The van der Waals surface area contributed by atoms with Crippen molar-refractivity contribution in [1.82, 2.24) is 5.32 Å². The van der Waals surface area contributed by atoms with Crippen LogP contribution in [-0.4, -0.2) is 13.2 Å². The minimum absolute atomic E-state index is 0.655. The van der Waals surface area contributed by atoms with Crippen molar-refractivity contribution in [2.75, 3.05) is 13.2 Å². The second-order valence-electron chi connectivity index (χ2n) is 4.83. The Bertz CT molecular complexity index is 554. The van der Waals surface area contributed by atoms with Crippen molar-refractivity contribution in [2.24, 2.45) is 0 Å². The van der Waals surface area contributed by atoms with E-state index in [9.17, 15) is 0 Å². The van der Waals surface area contributed by atoms with Crippen molar-refractivity contribution < 1.29 is 9.47 Å². The molecule has 2 aromatic carbocycles. The Morgan fingerprint density at radius 2 is 1.62 bits per heavy atom. The van der Waals surface area contributed by atoms with E-state index in [2.05, 4.69) is 24.4 Å². The van der Waals surface area contributed by atoms with Gasteiger partial charge in [-0.3, -0.25) is 0 Å². The SMILES string of the molecule is CCCNCc1cccc(Oc2cccc(OCC)c2)c1. The van der Waals surface area contributed by atoms with Gasteiger partial charge in [0.15, 0.2) is 0 Å². The fourth-order valence-corrected chi connectivity index (χ4v) is 2.06. The van der Waals surface area contributed by atoms with Gasteiger partial charge >= 0.3 is 0 Å². The Balaban J connectivity index is 2.01. The third kappa shape index (κ3) is 5.12. The second-order valence-corrected chi connectivity index (χ2v) is 4.83. The molecule has 0 aliphatic heterocycles. The predicted molar refractivity (Wildman–Crippen MR) is 86.1 cm³/mol. The molecule has 2 aromatic rings. The molecule has 0 fully saturated rings. The molecule has 21 heavy (non-hydrogen) atoms. The van der Waals surface area contributed by atoms with Gasteiger partial charge in [-0.1, -0.05) is 25.1 Å². The van der Waals surface area contributed by atoms with Gasteiger partial charge in [0.1, 0.15) is 17.2 Å². The highest BCUT2D eigenvalue weighted by atomic mass is 16.5. The maximum absolute atomic E-state index is 5.90. The summed E-state index contributed by atoms with van der Waals surface area (Å²) in [4.78, 5) is 0. The minimum Gasteiger partial charge on any atom is -0.494 e. The first kappa shape index (κ1) is 15.4. The number of hydrogen-bond acceptors (Lipinski definition) is 3. The first-order chi connectivity index (χ1) is 10.3. The molecule has 0 amide bonds. The van der Waals surface area contributed by atoms with Crippen LogP contribution in [0.2, 0.25) is 0 Å². The fraction of sp³-hybridized carbons (Fsp3) is 0.333. The van der Waals surface area contributed by atoms with Crippen LogP contribution in [0.15, 0.2) is 48.5 Å². The first-order valence-electron chi connectivity index (χ1n) is 7.52. The summed E-state index contributed by atoms with van der Waals surface area (Å²) in [6, 6.07) is 15.9. The smallest absolute Gasteiger partial charge is 0.131 e. The zero-order chi connectivity index (χ0) is 14.9. The molecule has 0 unspecified atom stereocenters. The van der Waals surface area contributed by atoms with Crippen LogP contribution in [-0.2, 0) is 6.54 Å². The fourth-order valence-electron chi connectivity index (χ4n) is 2.06. The zero-order valence-corrected chi connectivity index (χ0v) is 12.8. The van der Waals surface area contributed by atoms with E-state index < -0.39 is 0 Å². The van der Waals surface area contributed by atoms with Crippen LogP contribution in [0.25, 0.3) is 0 Å². The molecule has 0 saturated carbocycles. The number of ether oxygens (including phenoxy) is 2. The van der Waals surface area contributed by atoms with Crippen molar-refractivity contribution in [3.05, 3.63) is 54.1 Å². The largest absolute Gasteiger partial charge is 0.494 e. The summed E-state index contributed by atoms with van der Waals surface area (Å²) in [5, 5.41) is 3.39. The van der Waals surface area contributed by atoms with Crippen LogP contribution < -0.4 is 14.8 Å². The zero-order valence-electron chi connectivity index (χ0n) is 12.8. The van der Waals surface area contributed by atoms with Crippen LogP contribution >= 0.6 is 0 Å². The van der Waals surface area contributed by atoms with Crippen LogP contribution in [0.3, 0.4) is 0 Å². The van der Waals surface area contributed by atoms with Gasteiger partial charge in [0.2, 0.25) is 0 Å². The summed E-state index contributed by atoms with van der Waals surface area (Å²) >= 11 is 0. The molecular weight excluding hydrogens is 262 g/mol. The van der Waals surface area contributed by atoms with Crippen molar-refractivity contribution in [3.63, 3.8) is 0 Å². The summed E-state index contributed by atoms with van der Waals surface area (Å²) in [5.41, 5.74) is 1.22. The van der Waals surface area contributed by atoms with Crippen LogP contribution in [0.5, 0.6) is 17.2 Å². The highest BCUT2D eigenvalue weighted by Gasteiger charge is 2.01. The molecule has 0 aliphatic rings. The van der Waals surface area contributed by atoms with Gasteiger partial charge in [0.25, 0.3) is 0 Å². The first-order valence-corrected chi connectivity index (χ1v) is 7.52. The highest BCUT2D eigenvalue weighted by molar-refractivity contribution is 5.38. The minimum atomic E-state index is 0.655. The molecule has 0 aromatic heterocycles. The standard InChI is InChI=1S/C18H23NO2/c1-3-11-19-14-15-7-5-9-17(12-15)21-18-10-6-8-16(13-18)20-4-2/h5-10,12-13,19H,3-4,11,14H2,1-2H3. The Morgan fingerprint density at radius 3 is 2.38 bits per heavy atom. The normalized spacial score (nSPS) is 10.4. The molecular formula is C18H23NO2. The lowest BCUT2D eigenvalue weighted by atomic mass is 10.2. The van der Waals surface area contributed by atoms with Gasteiger partial charge in [-0.15, -0.1) is 0 Å². The Hall–Kier alpha value is -2.00. The molecule has 0 heterocycles. The van der Waals surface area contributed by atoms with E-state index in [-0.39, 0.29) is 0 Å². The maximum Gasteiger partial charge on any atom is 0.131 e. The third-order valence-corrected chi connectivity index (χ3v) is 3.01. The molecule has 0 saturated heterocycles. The topological polar surface area (TPSA) is 30.5 Å². The van der Waals surface area contributed by atoms with Crippen molar-refractivity contribution >= 4 is 0 Å². The van der Waals surface area contributed by atoms with Crippen molar-refractivity contribution in [1.29, 1.82) is 0 Å². The van der Waals surface area contributed by atoms with Crippen molar-refractivity contribution in [2.45, 2.75) is 26.8 Å². The molecule has 2 rings (SSSR count). The molecule has 0 aliphatic carbocycles. The molecule has 0 bridgehead atoms. The summed E-state index contributed by atoms with van der Waals surface area (Å²) in [6.07, 6.45) is 1.14. The van der Waals surface area contributed by atoms with Gasteiger partial charge in [-0.25, -0.2) is 0 Å². The highest BCUT2D eigenvalue weighted by Crippen LogP contribution is 2.25. The quantitative estimate of drug-likeness (QED) is 0.730. The molecule has 1 N–H and O–H groups in total. The van der Waals surface area contributed by atoms with Gasteiger partial charge in [-0.2, -0.15) is 0 Å². The molecule has 3 nitrogen and oxygen atoms in total. The van der Waals surface area contributed by atoms with Gasteiger partial charge in [0.05, 0.1) is 6.61 Å². The number of benzene rings is 2. The number of nitrogens with one attached hydrogen (secondary N) is 1. The Labute approximate surface area is 126 Å². The van der Waals surface area contributed by atoms with E-state index in [1.165, 1.54) is 5.56 Å². The van der Waals surface area contributed by atoms with E-state index >= 15 is 0 Å². The summed E-state index contributed by atoms with van der Waals surface area (Å²) in [6.45, 7) is 6.69. The molecule has 112 valence electrons. The Morgan fingerprint density at radius 1 is 0.905 bits per heavy atom. The molecule has 0 atom stereocenters. The third-order valence-electron chi connectivity index (χ3n) is 3.01. The van der Waals surface area contributed by atoms with E-state index in [1.54, 1.807) is 0 Å². The number of hydrogen-bond donors (Lipinski definition) is 1. The summed E-state index contributed by atoms with van der Waals surface area (Å²) in [5.74, 6) is 2.47. The monoisotopic (exact) mass is 285 g/mol. The van der Waals surface area contributed by atoms with Crippen molar-refractivity contribution in [3.8, 4) is 17.2 Å². The maximum atomic E-state index is 5.90. The van der Waals surface area contributed by atoms with E-state index in [4.69, 9.17) is 9.47 Å². The lowest BCUT2D eigenvalue weighted by Gasteiger charge is -2.10. The van der Waals surface area contributed by atoms with E-state index in [0.717, 1.165) is 36.8 Å². The number of rotatable bonds is 8. The van der Waals surface area contributed by atoms with Gasteiger partial charge < -0.3 is 14.8 Å². The summed E-state index contributed by atoms with van der Waals surface area (Å²) in [7, 11) is 0. The summed E-state index contributed by atoms with van der Waals surface area (Å²) < 4.78 is 11.4. The van der Waals surface area contributed by atoms with Crippen LogP contribution in [0, 0.1) is 0 Å². The Kier molecular flexibility index (Phi) is 6.10. The lowest BCUT2D eigenvalue weighted by Crippen LogP contribution is -2.13. The van der Waals surface area contributed by atoms with Gasteiger partial charge in [0, 0.05) is 12.6 Å². The predicted octanol–water partition coefficient (Wildman–Crippen LogP) is 4.38. The second kappa shape index (κ2) is 8.32. The van der Waals surface area contributed by atoms with Crippen LogP contribution in [0.4, 0.5) is 0 Å².